The molecule has 0 unspecified atom stereocenters. The SMILES string of the molecule is CC(=O)N1CCN(c2cc(C)nc(N3CCCC3)n2)CC1. The van der Waals surface area contributed by atoms with Gasteiger partial charge >= 0.3 is 0 Å². The first-order valence-electron chi connectivity index (χ1n) is 7.74. The minimum Gasteiger partial charge on any atom is -0.353 e. The molecule has 0 aliphatic carbocycles. The monoisotopic (exact) mass is 289 g/mol. The molecule has 0 atom stereocenters. The van der Waals surface area contributed by atoms with Crippen LogP contribution in [-0.4, -0.2) is 60.0 Å². The maximum absolute atomic E-state index is 11.4. The molecule has 1 aromatic rings. The smallest absolute Gasteiger partial charge is 0.227 e. The van der Waals surface area contributed by atoms with Gasteiger partial charge in [-0.3, -0.25) is 4.79 Å². The molecule has 0 N–H and O–H groups in total. The van der Waals surface area contributed by atoms with E-state index < -0.39 is 0 Å². The first-order chi connectivity index (χ1) is 10.1. The first-order valence-corrected chi connectivity index (χ1v) is 7.74. The fourth-order valence-electron chi connectivity index (χ4n) is 3.01. The van der Waals surface area contributed by atoms with Gasteiger partial charge in [0.2, 0.25) is 11.9 Å². The van der Waals surface area contributed by atoms with Crippen LogP contribution in [0.3, 0.4) is 0 Å². The lowest BCUT2D eigenvalue weighted by Crippen LogP contribution is -2.48. The third-order valence-corrected chi connectivity index (χ3v) is 4.27. The van der Waals surface area contributed by atoms with Crippen LogP contribution in [0, 0.1) is 6.92 Å². The maximum Gasteiger partial charge on any atom is 0.227 e. The van der Waals surface area contributed by atoms with Crippen LogP contribution < -0.4 is 9.80 Å². The summed E-state index contributed by atoms with van der Waals surface area (Å²) in [6.45, 7) is 9.01. The summed E-state index contributed by atoms with van der Waals surface area (Å²) in [6.07, 6.45) is 2.45. The molecule has 21 heavy (non-hydrogen) atoms. The topological polar surface area (TPSA) is 52.6 Å². The van der Waals surface area contributed by atoms with E-state index in [0.717, 1.165) is 56.7 Å². The highest BCUT2D eigenvalue weighted by Crippen LogP contribution is 2.21. The van der Waals surface area contributed by atoms with E-state index in [2.05, 4.69) is 14.8 Å². The molecule has 6 heteroatoms. The molecule has 0 aromatic carbocycles. The molecule has 0 bridgehead atoms. The number of aromatic nitrogens is 2. The zero-order valence-electron chi connectivity index (χ0n) is 12.9. The van der Waals surface area contributed by atoms with Crippen LogP contribution in [-0.2, 0) is 4.79 Å². The van der Waals surface area contributed by atoms with Crippen LogP contribution in [0.4, 0.5) is 11.8 Å². The zero-order chi connectivity index (χ0) is 14.8. The Morgan fingerprint density at radius 3 is 2.29 bits per heavy atom. The second-order valence-electron chi connectivity index (χ2n) is 5.85. The molecule has 2 aliphatic rings. The molecule has 2 saturated heterocycles. The second kappa shape index (κ2) is 5.87. The molecular weight excluding hydrogens is 266 g/mol. The van der Waals surface area contributed by atoms with Crippen molar-refractivity contribution < 1.29 is 4.79 Å². The van der Waals surface area contributed by atoms with Crippen LogP contribution in [0.2, 0.25) is 0 Å². The molecule has 0 saturated carbocycles. The van der Waals surface area contributed by atoms with Crippen LogP contribution in [0.1, 0.15) is 25.5 Å². The summed E-state index contributed by atoms with van der Waals surface area (Å²) in [5.41, 5.74) is 1.01. The van der Waals surface area contributed by atoms with E-state index in [1.807, 2.05) is 17.9 Å². The Kier molecular flexibility index (Phi) is 3.94. The summed E-state index contributed by atoms with van der Waals surface area (Å²) >= 11 is 0. The van der Waals surface area contributed by atoms with Gasteiger partial charge in [-0.2, -0.15) is 4.98 Å². The normalized spacial score (nSPS) is 19.2. The first kappa shape index (κ1) is 14.1. The van der Waals surface area contributed by atoms with Gasteiger partial charge in [-0.25, -0.2) is 4.98 Å². The largest absolute Gasteiger partial charge is 0.353 e. The Morgan fingerprint density at radius 1 is 1.00 bits per heavy atom. The molecule has 1 amide bonds. The standard InChI is InChI=1S/C15H23N5O/c1-12-11-14(17-15(16-12)20-5-3-4-6-20)19-9-7-18(8-10-19)13(2)21/h11H,3-10H2,1-2H3. The summed E-state index contributed by atoms with van der Waals surface area (Å²) in [7, 11) is 0. The minimum absolute atomic E-state index is 0.159. The quantitative estimate of drug-likeness (QED) is 0.814. The predicted molar refractivity (Wildman–Crippen MR) is 82.7 cm³/mol. The van der Waals surface area contributed by atoms with E-state index in [-0.39, 0.29) is 5.91 Å². The lowest BCUT2D eigenvalue weighted by Gasteiger charge is -2.35. The average Bonchev–Trinajstić information content (AvgIpc) is 3.01. The Hall–Kier alpha value is -1.85. The molecular formula is C15H23N5O. The molecule has 2 aliphatic heterocycles. The Balaban J connectivity index is 1.74. The molecule has 3 rings (SSSR count). The van der Waals surface area contributed by atoms with Crippen molar-refractivity contribution in [2.24, 2.45) is 0 Å². The molecule has 2 fully saturated rings. The third-order valence-electron chi connectivity index (χ3n) is 4.27. The van der Waals surface area contributed by atoms with E-state index in [1.54, 1.807) is 6.92 Å². The van der Waals surface area contributed by atoms with Gasteiger partial charge in [0.1, 0.15) is 5.82 Å². The number of carbonyl (C=O) groups is 1. The molecule has 0 radical (unpaired) electrons. The van der Waals surface area contributed by atoms with Gasteiger partial charge in [-0.05, 0) is 19.8 Å². The van der Waals surface area contributed by atoms with Gasteiger partial charge in [0.05, 0.1) is 0 Å². The minimum atomic E-state index is 0.159. The van der Waals surface area contributed by atoms with Crippen molar-refractivity contribution in [3.8, 4) is 0 Å². The summed E-state index contributed by atoms with van der Waals surface area (Å²) in [5, 5.41) is 0. The maximum atomic E-state index is 11.4. The number of rotatable bonds is 2. The van der Waals surface area contributed by atoms with Crippen molar-refractivity contribution in [1.29, 1.82) is 0 Å². The van der Waals surface area contributed by atoms with E-state index in [0.29, 0.717) is 0 Å². The third kappa shape index (κ3) is 3.09. The fourth-order valence-corrected chi connectivity index (χ4v) is 3.01. The van der Waals surface area contributed by atoms with Gasteiger partial charge in [-0.15, -0.1) is 0 Å². The number of aryl methyl sites for hydroxylation is 1. The lowest BCUT2D eigenvalue weighted by molar-refractivity contribution is -0.129. The number of carbonyl (C=O) groups excluding carboxylic acids is 1. The van der Waals surface area contributed by atoms with Gasteiger partial charge in [0.25, 0.3) is 0 Å². The number of hydrogen-bond donors (Lipinski definition) is 0. The molecule has 6 nitrogen and oxygen atoms in total. The number of nitrogens with zero attached hydrogens (tertiary/aromatic N) is 5. The number of anilines is 2. The van der Waals surface area contributed by atoms with Crippen molar-refractivity contribution in [1.82, 2.24) is 14.9 Å². The van der Waals surface area contributed by atoms with Crippen molar-refractivity contribution in [2.75, 3.05) is 49.1 Å². The number of piperazine rings is 1. The van der Waals surface area contributed by atoms with Crippen LogP contribution in [0.5, 0.6) is 0 Å². The highest BCUT2D eigenvalue weighted by Gasteiger charge is 2.22. The Bertz CT molecular complexity index is 519. The molecule has 3 heterocycles. The summed E-state index contributed by atoms with van der Waals surface area (Å²) in [4.78, 5) is 27.1. The van der Waals surface area contributed by atoms with Crippen LogP contribution >= 0.6 is 0 Å². The lowest BCUT2D eigenvalue weighted by atomic mass is 10.3. The van der Waals surface area contributed by atoms with E-state index >= 15 is 0 Å². The fraction of sp³-hybridized carbons (Fsp3) is 0.667. The summed E-state index contributed by atoms with van der Waals surface area (Å²) < 4.78 is 0. The summed E-state index contributed by atoms with van der Waals surface area (Å²) in [5.74, 6) is 2.01. The van der Waals surface area contributed by atoms with E-state index in [1.165, 1.54) is 12.8 Å². The van der Waals surface area contributed by atoms with Crippen LogP contribution in [0.25, 0.3) is 0 Å². The van der Waals surface area contributed by atoms with E-state index in [4.69, 9.17) is 4.98 Å². The van der Waals surface area contributed by atoms with Crippen LogP contribution in [0.15, 0.2) is 6.07 Å². The van der Waals surface area contributed by atoms with Gasteiger partial charge in [-0.1, -0.05) is 0 Å². The van der Waals surface area contributed by atoms with E-state index in [9.17, 15) is 4.79 Å². The van der Waals surface area contributed by atoms with Gasteiger partial charge in [0.15, 0.2) is 0 Å². The molecule has 114 valence electrons. The van der Waals surface area contributed by atoms with Crippen molar-refractivity contribution >= 4 is 17.7 Å². The second-order valence-corrected chi connectivity index (χ2v) is 5.85. The average molecular weight is 289 g/mol. The Morgan fingerprint density at radius 2 is 1.67 bits per heavy atom. The highest BCUT2D eigenvalue weighted by atomic mass is 16.2. The summed E-state index contributed by atoms with van der Waals surface area (Å²) in [6, 6.07) is 2.04. The van der Waals surface area contributed by atoms with Crippen molar-refractivity contribution in [3.63, 3.8) is 0 Å². The number of amides is 1. The Labute approximate surface area is 125 Å². The zero-order valence-corrected chi connectivity index (χ0v) is 12.9. The van der Waals surface area contributed by atoms with Gasteiger partial charge < -0.3 is 14.7 Å². The highest BCUT2D eigenvalue weighted by molar-refractivity contribution is 5.73. The van der Waals surface area contributed by atoms with Gasteiger partial charge in [0, 0.05) is 58.0 Å². The van der Waals surface area contributed by atoms with Crippen molar-refractivity contribution in [2.45, 2.75) is 26.7 Å². The number of hydrogen-bond acceptors (Lipinski definition) is 5. The molecule has 1 aromatic heterocycles. The molecule has 0 spiro atoms. The van der Waals surface area contributed by atoms with Crippen molar-refractivity contribution in [3.05, 3.63) is 11.8 Å². The predicted octanol–water partition coefficient (Wildman–Crippen LogP) is 1.05.